The molecule has 5 heteroatoms. The number of rotatable bonds is 7. The zero-order valence-electron chi connectivity index (χ0n) is 11.9. The molecule has 112 valence electrons. The van der Waals surface area contributed by atoms with E-state index in [1.54, 1.807) is 31.4 Å². The molecule has 0 spiro atoms. The van der Waals surface area contributed by atoms with Crippen molar-refractivity contribution in [2.45, 2.75) is 6.54 Å². The Labute approximate surface area is 123 Å². The SMILES string of the molecule is COc1ccc(NCc2cccc(O)c2)cc1OCCO. The average Bonchev–Trinajstić information content (AvgIpc) is 2.51. The highest BCUT2D eigenvalue weighted by molar-refractivity contribution is 5.55. The number of hydrogen-bond donors (Lipinski definition) is 3. The molecule has 0 bridgehead atoms. The Morgan fingerprint density at radius 2 is 1.95 bits per heavy atom. The van der Waals surface area contributed by atoms with Crippen molar-refractivity contribution in [3.63, 3.8) is 0 Å². The maximum absolute atomic E-state index is 9.43. The van der Waals surface area contributed by atoms with Crippen molar-refractivity contribution in [3.05, 3.63) is 48.0 Å². The van der Waals surface area contributed by atoms with Gasteiger partial charge in [-0.3, -0.25) is 0 Å². The van der Waals surface area contributed by atoms with Crippen LogP contribution in [0.1, 0.15) is 5.56 Å². The van der Waals surface area contributed by atoms with E-state index in [1.807, 2.05) is 18.2 Å². The molecule has 2 rings (SSSR count). The number of hydrogen-bond acceptors (Lipinski definition) is 5. The van der Waals surface area contributed by atoms with Crippen molar-refractivity contribution in [2.24, 2.45) is 0 Å². The third-order valence-corrected chi connectivity index (χ3v) is 2.92. The van der Waals surface area contributed by atoms with Crippen LogP contribution in [0.5, 0.6) is 17.2 Å². The maximum Gasteiger partial charge on any atom is 0.163 e. The number of methoxy groups -OCH3 is 1. The summed E-state index contributed by atoms with van der Waals surface area (Å²) in [6, 6.07) is 12.6. The summed E-state index contributed by atoms with van der Waals surface area (Å²) in [5.74, 6) is 1.44. The van der Waals surface area contributed by atoms with E-state index in [4.69, 9.17) is 14.6 Å². The molecule has 5 nitrogen and oxygen atoms in total. The van der Waals surface area contributed by atoms with E-state index in [-0.39, 0.29) is 19.0 Å². The van der Waals surface area contributed by atoms with Gasteiger partial charge in [0.05, 0.1) is 13.7 Å². The Bertz CT molecular complexity index is 586. The van der Waals surface area contributed by atoms with E-state index in [1.165, 1.54) is 0 Å². The number of ether oxygens (including phenoxy) is 2. The first-order valence-electron chi connectivity index (χ1n) is 6.66. The van der Waals surface area contributed by atoms with Gasteiger partial charge in [-0.2, -0.15) is 0 Å². The Morgan fingerprint density at radius 1 is 1.10 bits per heavy atom. The monoisotopic (exact) mass is 289 g/mol. The summed E-state index contributed by atoms with van der Waals surface area (Å²) in [5.41, 5.74) is 1.84. The topological polar surface area (TPSA) is 71.0 Å². The van der Waals surface area contributed by atoms with Gasteiger partial charge >= 0.3 is 0 Å². The first-order chi connectivity index (χ1) is 10.2. The lowest BCUT2D eigenvalue weighted by molar-refractivity contribution is 0.196. The second-order valence-corrected chi connectivity index (χ2v) is 4.46. The highest BCUT2D eigenvalue weighted by Gasteiger charge is 2.06. The van der Waals surface area contributed by atoms with Crippen molar-refractivity contribution in [1.29, 1.82) is 0 Å². The van der Waals surface area contributed by atoms with E-state index in [0.717, 1.165) is 11.3 Å². The normalized spacial score (nSPS) is 10.2. The smallest absolute Gasteiger partial charge is 0.163 e. The van der Waals surface area contributed by atoms with Gasteiger partial charge in [0.1, 0.15) is 12.4 Å². The van der Waals surface area contributed by atoms with Crippen LogP contribution in [0.25, 0.3) is 0 Å². The Hall–Kier alpha value is -2.40. The average molecular weight is 289 g/mol. The minimum atomic E-state index is -0.0515. The summed E-state index contributed by atoms with van der Waals surface area (Å²) in [5, 5.41) is 21.5. The number of anilines is 1. The van der Waals surface area contributed by atoms with Crippen molar-refractivity contribution < 1.29 is 19.7 Å². The molecule has 3 N–H and O–H groups in total. The molecule has 0 saturated heterocycles. The van der Waals surface area contributed by atoms with E-state index >= 15 is 0 Å². The van der Waals surface area contributed by atoms with Crippen LogP contribution in [-0.4, -0.2) is 30.5 Å². The molecule has 0 aliphatic carbocycles. The molecular formula is C16H19NO4. The summed E-state index contributed by atoms with van der Waals surface area (Å²) in [7, 11) is 1.57. The predicted octanol–water partition coefficient (Wildman–Crippen LogP) is 2.38. The first-order valence-corrected chi connectivity index (χ1v) is 6.66. The van der Waals surface area contributed by atoms with E-state index in [2.05, 4.69) is 5.32 Å². The number of aromatic hydroxyl groups is 1. The van der Waals surface area contributed by atoms with Crippen molar-refractivity contribution in [3.8, 4) is 17.2 Å². The van der Waals surface area contributed by atoms with Gasteiger partial charge in [-0.05, 0) is 29.8 Å². The molecule has 0 fully saturated rings. The summed E-state index contributed by atoms with van der Waals surface area (Å²) >= 11 is 0. The fraction of sp³-hybridized carbons (Fsp3) is 0.250. The van der Waals surface area contributed by atoms with E-state index in [9.17, 15) is 5.11 Å². The highest BCUT2D eigenvalue weighted by atomic mass is 16.5. The zero-order chi connectivity index (χ0) is 15.1. The number of benzene rings is 2. The molecular weight excluding hydrogens is 270 g/mol. The van der Waals surface area contributed by atoms with Crippen molar-refractivity contribution in [1.82, 2.24) is 0 Å². The third kappa shape index (κ3) is 4.29. The van der Waals surface area contributed by atoms with E-state index < -0.39 is 0 Å². The van der Waals surface area contributed by atoms with Gasteiger partial charge in [0.2, 0.25) is 0 Å². The van der Waals surface area contributed by atoms with Gasteiger partial charge in [-0.25, -0.2) is 0 Å². The largest absolute Gasteiger partial charge is 0.508 e. The molecule has 0 atom stereocenters. The van der Waals surface area contributed by atoms with Crippen LogP contribution < -0.4 is 14.8 Å². The van der Waals surface area contributed by atoms with Gasteiger partial charge in [-0.1, -0.05) is 12.1 Å². The van der Waals surface area contributed by atoms with Crippen LogP contribution in [0.2, 0.25) is 0 Å². The van der Waals surface area contributed by atoms with Crippen molar-refractivity contribution in [2.75, 3.05) is 25.6 Å². The van der Waals surface area contributed by atoms with Crippen LogP contribution in [0.15, 0.2) is 42.5 Å². The zero-order valence-corrected chi connectivity index (χ0v) is 11.9. The van der Waals surface area contributed by atoms with Gasteiger partial charge in [-0.15, -0.1) is 0 Å². The highest BCUT2D eigenvalue weighted by Crippen LogP contribution is 2.30. The van der Waals surface area contributed by atoms with Gasteiger partial charge in [0.25, 0.3) is 0 Å². The van der Waals surface area contributed by atoms with E-state index in [0.29, 0.717) is 18.0 Å². The van der Waals surface area contributed by atoms with Crippen LogP contribution >= 0.6 is 0 Å². The molecule has 0 aliphatic heterocycles. The minimum absolute atomic E-state index is 0.0515. The Balaban J connectivity index is 2.06. The maximum atomic E-state index is 9.43. The predicted molar refractivity (Wildman–Crippen MR) is 81.0 cm³/mol. The van der Waals surface area contributed by atoms with Crippen LogP contribution in [-0.2, 0) is 6.54 Å². The third-order valence-electron chi connectivity index (χ3n) is 2.92. The number of aliphatic hydroxyl groups is 1. The molecule has 0 radical (unpaired) electrons. The number of phenolic OH excluding ortho intramolecular Hbond substituents is 1. The Kier molecular flexibility index (Phi) is 5.29. The van der Waals surface area contributed by atoms with Gasteiger partial charge < -0.3 is 25.0 Å². The molecule has 0 heterocycles. The van der Waals surface area contributed by atoms with Crippen LogP contribution in [0, 0.1) is 0 Å². The molecule has 2 aromatic carbocycles. The quantitative estimate of drug-likeness (QED) is 0.730. The second-order valence-electron chi connectivity index (χ2n) is 4.46. The molecule has 2 aromatic rings. The number of phenols is 1. The lowest BCUT2D eigenvalue weighted by Gasteiger charge is -2.13. The lowest BCUT2D eigenvalue weighted by atomic mass is 10.2. The fourth-order valence-electron chi connectivity index (χ4n) is 1.93. The fourth-order valence-corrected chi connectivity index (χ4v) is 1.93. The molecule has 0 saturated carbocycles. The van der Waals surface area contributed by atoms with Gasteiger partial charge in [0, 0.05) is 18.3 Å². The molecule has 0 amide bonds. The number of aliphatic hydroxyl groups excluding tert-OH is 1. The summed E-state index contributed by atoms with van der Waals surface area (Å²) < 4.78 is 10.6. The first kappa shape index (κ1) is 15.0. The van der Waals surface area contributed by atoms with Crippen LogP contribution in [0.4, 0.5) is 5.69 Å². The minimum Gasteiger partial charge on any atom is -0.508 e. The van der Waals surface area contributed by atoms with Crippen molar-refractivity contribution >= 4 is 5.69 Å². The lowest BCUT2D eigenvalue weighted by Crippen LogP contribution is -2.04. The summed E-state index contributed by atoms with van der Waals surface area (Å²) in [6.45, 7) is 0.747. The van der Waals surface area contributed by atoms with Gasteiger partial charge in [0.15, 0.2) is 11.5 Å². The second kappa shape index (κ2) is 7.40. The molecule has 21 heavy (non-hydrogen) atoms. The molecule has 0 unspecified atom stereocenters. The summed E-state index contributed by atoms with van der Waals surface area (Å²) in [6.07, 6.45) is 0. The van der Waals surface area contributed by atoms with Crippen LogP contribution in [0.3, 0.4) is 0 Å². The molecule has 0 aliphatic rings. The molecule has 0 aromatic heterocycles. The summed E-state index contributed by atoms with van der Waals surface area (Å²) in [4.78, 5) is 0. The Morgan fingerprint density at radius 3 is 2.67 bits per heavy atom. The number of nitrogens with one attached hydrogen (secondary N) is 1. The standard InChI is InChI=1S/C16H19NO4/c1-20-15-6-5-13(10-16(15)21-8-7-18)17-11-12-3-2-4-14(19)9-12/h2-6,9-10,17-19H,7-8,11H2,1H3.